The average molecular weight is 319 g/mol. The number of aryl methyl sites for hydroxylation is 1. The molecule has 1 atom stereocenters. The van der Waals surface area contributed by atoms with Crippen LogP contribution >= 0.6 is 0 Å². The molecule has 0 unspecified atom stereocenters. The van der Waals surface area contributed by atoms with Gasteiger partial charge in [-0.15, -0.1) is 0 Å². The molecule has 1 N–H and O–H groups in total. The fraction of sp³-hybridized carbons (Fsp3) is 0.294. The zero-order chi connectivity index (χ0) is 17.1. The van der Waals surface area contributed by atoms with E-state index in [1.54, 1.807) is 26.8 Å². The van der Waals surface area contributed by atoms with Crippen molar-refractivity contribution in [2.24, 2.45) is 0 Å². The molecule has 0 amide bonds. The largest absolute Gasteiger partial charge is 0.482 e. The highest BCUT2D eigenvalue weighted by Gasteiger charge is 2.26. The first-order valence-electron chi connectivity index (χ1n) is 7.09. The SMILES string of the molecule is COC(=O)c1c(C)[nH]c(C(=O)[C@H](C)Oc2cccc(F)c2)c1C. The van der Waals surface area contributed by atoms with Gasteiger partial charge >= 0.3 is 5.97 Å². The Morgan fingerprint density at radius 2 is 1.96 bits per heavy atom. The van der Waals surface area contributed by atoms with Gasteiger partial charge in [0.1, 0.15) is 11.6 Å². The van der Waals surface area contributed by atoms with Crippen LogP contribution < -0.4 is 4.74 Å². The average Bonchev–Trinajstić information content (AvgIpc) is 2.80. The van der Waals surface area contributed by atoms with E-state index in [2.05, 4.69) is 4.98 Å². The maximum absolute atomic E-state index is 13.2. The number of aromatic nitrogens is 1. The molecule has 1 heterocycles. The third kappa shape index (κ3) is 3.41. The van der Waals surface area contributed by atoms with E-state index in [1.165, 1.54) is 25.3 Å². The minimum absolute atomic E-state index is 0.264. The maximum atomic E-state index is 13.2. The predicted octanol–water partition coefficient (Wildman–Crippen LogP) is 3.21. The number of esters is 1. The number of ketones is 1. The van der Waals surface area contributed by atoms with Crippen LogP contribution in [0.15, 0.2) is 24.3 Å². The van der Waals surface area contributed by atoms with Crippen LogP contribution in [-0.2, 0) is 4.74 Å². The molecule has 0 aliphatic heterocycles. The van der Waals surface area contributed by atoms with Gasteiger partial charge in [-0.05, 0) is 38.5 Å². The molecule has 0 spiro atoms. The Balaban J connectivity index is 2.25. The van der Waals surface area contributed by atoms with E-state index >= 15 is 0 Å². The summed E-state index contributed by atoms with van der Waals surface area (Å²) in [5.74, 6) is -1.01. The smallest absolute Gasteiger partial charge is 0.339 e. The number of halogens is 1. The second kappa shape index (κ2) is 6.64. The number of Topliss-reactive ketones (excluding diaryl/α,β-unsaturated/α-hetero) is 1. The van der Waals surface area contributed by atoms with Crippen molar-refractivity contribution in [3.05, 3.63) is 52.6 Å². The highest BCUT2D eigenvalue weighted by Crippen LogP contribution is 2.22. The van der Waals surface area contributed by atoms with Crippen LogP contribution in [0.2, 0.25) is 0 Å². The Kier molecular flexibility index (Phi) is 4.83. The van der Waals surface area contributed by atoms with E-state index in [1.807, 2.05) is 0 Å². The van der Waals surface area contributed by atoms with Crippen molar-refractivity contribution in [3.8, 4) is 5.75 Å². The Hall–Kier alpha value is -2.63. The fourth-order valence-electron chi connectivity index (χ4n) is 2.41. The summed E-state index contributed by atoms with van der Waals surface area (Å²) in [5, 5.41) is 0. The van der Waals surface area contributed by atoms with E-state index in [-0.39, 0.29) is 17.2 Å². The van der Waals surface area contributed by atoms with Gasteiger partial charge in [-0.2, -0.15) is 0 Å². The van der Waals surface area contributed by atoms with E-state index in [0.29, 0.717) is 16.8 Å². The van der Waals surface area contributed by atoms with E-state index in [0.717, 1.165) is 0 Å². The van der Waals surface area contributed by atoms with Crippen molar-refractivity contribution < 1.29 is 23.5 Å². The molecule has 1 aromatic carbocycles. The first-order chi connectivity index (χ1) is 10.8. The summed E-state index contributed by atoms with van der Waals surface area (Å²) in [4.78, 5) is 27.2. The molecule has 23 heavy (non-hydrogen) atoms. The Bertz CT molecular complexity index is 751. The van der Waals surface area contributed by atoms with Gasteiger partial charge in [-0.1, -0.05) is 6.07 Å². The lowest BCUT2D eigenvalue weighted by atomic mass is 10.1. The Morgan fingerprint density at radius 1 is 1.26 bits per heavy atom. The summed E-state index contributed by atoms with van der Waals surface area (Å²) in [6.07, 6.45) is -0.834. The fourth-order valence-corrected chi connectivity index (χ4v) is 2.41. The van der Waals surface area contributed by atoms with Gasteiger partial charge in [0.15, 0.2) is 6.10 Å². The Morgan fingerprint density at radius 3 is 2.57 bits per heavy atom. The summed E-state index contributed by atoms with van der Waals surface area (Å²) in [5.41, 5.74) is 1.69. The van der Waals surface area contributed by atoms with Crippen molar-refractivity contribution in [1.82, 2.24) is 4.98 Å². The molecule has 2 rings (SSSR count). The zero-order valence-corrected chi connectivity index (χ0v) is 13.4. The highest BCUT2D eigenvalue weighted by molar-refractivity contribution is 6.03. The molecule has 0 radical (unpaired) electrons. The van der Waals surface area contributed by atoms with E-state index in [9.17, 15) is 14.0 Å². The van der Waals surface area contributed by atoms with Gasteiger partial charge in [0.2, 0.25) is 5.78 Å². The van der Waals surface area contributed by atoms with Crippen molar-refractivity contribution in [2.75, 3.05) is 7.11 Å². The molecule has 0 saturated heterocycles. The molecule has 0 saturated carbocycles. The van der Waals surface area contributed by atoms with Crippen LogP contribution in [0.4, 0.5) is 4.39 Å². The first kappa shape index (κ1) is 16.7. The molecule has 5 nitrogen and oxygen atoms in total. The second-order valence-corrected chi connectivity index (χ2v) is 5.20. The summed E-state index contributed by atoms with van der Waals surface area (Å²) < 4.78 is 23.4. The van der Waals surface area contributed by atoms with Gasteiger partial charge in [-0.25, -0.2) is 9.18 Å². The number of nitrogens with one attached hydrogen (secondary N) is 1. The number of aromatic amines is 1. The van der Waals surface area contributed by atoms with Crippen LogP contribution in [-0.4, -0.2) is 30.0 Å². The lowest BCUT2D eigenvalue weighted by molar-refractivity contribution is 0.0599. The molecule has 1 aromatic heterocycles. The Labute approximate surface area is 133 Å². The van der Waals surface area contributed by atoms with Crippen LogP contribution in [0.5, 0.6) is 5.75 Å². The molecule has 6 heteroatoms. The number of hydrogen-bond acceptors (Lipinski definition) is 4. The molecule has 0 bridgehead atoms. The van der Waals surface area contributed by atoms with Crippen molar-refractivity contribution >= 4 is 11.8 Å². The third-order valence-corrected chi connectivity index (χ3v) is 3.55. The van der Waals surface area contributed by atoms with Crippen molar-refractivity contribution in [1.29, 1.82) is 0 Å². The van der Waals surface area contributed by atoms with E-state index < -0.39 is 17.9 Å². The first-order valence-corrected chi connectivity index (χ1v) is 7.09. The molecule has 122 valence electrons. The topological polar surface area (TPSA) is 68.4 Å². The van der Waals surface area contributed by atoms with Gasteiger partial charge < -0.3 is 14.5 Å². The maximum Gasteiger partial charge on any atom is 0.339 e. The minimum atomic E-state index is -0.834. The van der Waals surface area contributed by atoms with Gasteiger partial charge in [0.05, 0.1) is 18.4 Å². The van der Waals surface area contributed by atoms with E-state index in [4.69, 9.17) is 9.47 Å². The summed E-state index contributed by atoms with van der Waals surface area (Å²) in [6.45, 7) is 4.92. The normalized spacial score (nSPS) is 11.9. The lowest BCUT2D eigenvalue weighted by Gasteiger charge is -2.13. The van der Waals surface area contributed by atoms with Gasteiger partial charge in [0, 0.05) is 11.8 Å². The third-order valence-electron chi connectivity index (χ3n) is 3.55. The number of benzene rings is 1. The number of carbonyl (C=O) groups excluding carboxylic acids is 2. The molecule has 0 aliphatic rings. The standard InChI is InChI=1S/C17H18FNO4/c1-9-14(17(21)22-4)10(2)19-15(9)16(20)11(3)23-13-7-5-6-12(18)8-13/h5-8,11,19H,1-4H3/t11-/m0/s1. The summed E-state index contributed by atoms with van der Waals surface area (Å²) in [6, 6.07) is 5.57. The van der Waals surface area contributed by atoms with Crippen LogP contribution in [0, 0.1) is 19.7 Å². The molecular formula is C17H18FNO4. The molecule has 2 aromatic rings. The number of hydrogen-bond donors (Lipinski definition) is 1. The van der Waals surface area contributed by atoms with Gasteiger partial charge in [0.25, 0.3) is 0 Å². The number of ether oxygens (including phenoxy) is 2. The second-order valence-electron chi connectivity index (χ2n) is 5.20. The van der Waals surface area contributed by atoms with Crippen LogP contribution in [0.25, 0.3) is 0 Å². The van der Waals surface area contributed by atoms with Crippen molar-refractivity contribution in [3.63, 3.8) is 0 Å². The van der Waals surface area contributed by atoms with Crippen molar-refractivity contribution in [2.45, 2.75) is 26.9 Å². The minimum Gasteiger partial charge on any atom is -0.482 e. The summed E-state index contributed by atoms with van der Waals surface area (Å²) in [7, 11) is 1.28. The molecular weight excluding hydrogens is 301 g/mol. The summed E-state index contributed by atoms with van der Waals surface area (Å²) >= 11 is 0. The number of rotatable bonds is 5. The van der Waals surface area contributed by atoms with Crippen LogP contribution in [0.3, 0.4) is 0 Å². The number of H-pyrrole nitrogens is 1. The number of carbonyl (C=O) groups is 2. The lowest BCUT2D eigenvalue weighted by Crippen LogP contribution is -2.25. The van der Waals surface area contributed by atoms with Gasteiger partial charge in [-0.3, -0.25) is 4.79 Å². The molecule has 0 fully saturated rings. The monoisotopic (exact) mass is 319 g/mol. The number of methoxy groups -OCH3 is 1. The van der Waals surface area contributed by atoms with Crippen LogP contribution in [0.1, 0.15) is 39.0 Å². The highest BCUT2D eigenvalue weighted by atomic mass is 19.1. The predicted molar refractivity (Wildman–Crippen MR) is 82.4 cm³/mol. The zero-order valence-electron chi connectivity index (χ0n) is 13.4. The molecule has 0 aliphatic carbocycles. The quantitative estimate of drug-likeness (QED) is 0.679.